The number of hydrogen-bond acceptors (Lipinski definition) is 5. The second kappa shape index (κ2) is 8.64. The SMILES string of the molecule is NS(=O)(=O)c1ccc(CCNC(=O)c2cncc(Nc3ccccc3)c2)cc1. The zero-order valence-corrected chi connectivity index (χ0v) is 15.8. The van der Waals surface area contributed by atoms with Crippen LogP contribution in [0.3, 0.4) is 0 Å². The Balaban J connectivity index is 1.55. The van der Waals surface area contributed by atoms with Crippen LogP contribution in [0, 0.1) is 0 Å². The van der Waals surface area contributed by atoms with Gasteiger partial charge in [-0.3, -0.25) is 9.78 Å². The zero-order chi connectivity index (χ0) is 20.0. The van der Waals surface area contributed by atoms with Crippen LogP contribution in [0.5, 0.6) is 0 Å². The molecule has 0 atom stereocenters. The van der Waals surface area contributed by atoms with E-state index in [1.165, 1.54) is 18.3 Å². The van der Waals surface area contributed by atoms with Crippen LogP contribution in [-0.4, -0.2) is 25.9 Å². The molecule has 0 aliphatic heterocycles. The van der Waals surface area contributed by atoms with E-state index in [-0.39, 0.29) is 10.8 Å². The van der Waals surface area contributed by atoms with Crippen molar-refractivity contribution in [3.05, 3.63) is 84.2 Å². The molecule has 2 aromatic carbocycles. The Hall–Kier alpha value is -3.23. The lowest BCUT2D eigenvalue weighted by atomic mass is 10.1. The maximum atomic E-state index is 12.4. The lowest BCUT2D eigenvalue weighted by Gasteiger charge is -2.09. The fourth-order valence-corrected chi connectivity index (χ4v) is 3.10. The molecule has 0 aliphatic carbocycles. The normalized spacial score (nSPS) is 11.0. The summed E-state index contributed by atoms with van der Waals surface area (Å²) in [5.74, 6) is -0.231. The molecule has 144 valence electrons. The van der Waals surface area contributed by atoms with Crippen LogP contribution in [0.1, 0.15) is 15.9 Å². The molecule has 3 rings (SSSR count). The molecule has 8 heteroatoms. The summed E-state index contributed by atoms with van der Waals surface area (Å²) in [5.41, 5.74) is 2.97. The quantitative estimate of drug-likeness (QED) is 0.568. The zero-order valence-electron chi connectivity index (χ0n) is 15.0. The molecule has 0 spiro atoms. The number of nitrogens with two attached hydrogens (primary N) is 1. The average Bonchev–Trinajstić information content (AvgIpc) is 2.68. The molecule has 0 fully saturated rings. The molecule has 7 nitrogen and oxygen atoms in total. The number of amides is 1. The summed E-state index contributed by atoms with van der Waals surface area (Å²) in [6.45, 7) is 0.407. The third-order valence-electron chi connectivity index (χ3n) is 4.01. The second-order valence-corrected chi connectivity index (χ2v) is 7.71. The number of nitrogens with one attached hydrogen (secondary N) is 2. The minimum atomic E-state index is -3.70. The summed E-state index contributed by atoms with van der Waals surface area (Å²) in [6.07, 6.45) is 3.72. The number of pyridine rings is 1. The summed E-state index contributed by atoms with van der Waals surface area (Å²) in [5, 5.41) is 11.1. The van der Waals surface area contributed by atoms with Gasteiger partial charge in [0.15, 0.2) is 0 Å². The number of sulfonamides is 1. The molecular weight excluding hydrogens is 376 g/mol. The molecule has 1 aromatic heterocycles. The number of carbonyl (C=O) groups is 1. The monoisotopic (exact) mass is 396 g/mol. The van der Waals surface area contributed by atoms with Gasteiger partial charge in [-0.2, -0.15) is 0 Å². The van der Waals surface area contributed by atoms with Gasteiger partial charge in [0.2, 0.25) is 10.0 Å². The van der Waals surface area contributed by atoms with Crippen molar-refractivity contribution in [1.82, 2.24) is 10.3 Å². The summed E-state index contributed by atoms with van der Waals surface area (Å²) in [7, 11) is -3.70. The van der Waals surface area contributed by atoms with Gasteiger partial charge in [-0.1, -0.05) is 30.3 Å². The first-order valence-electron chi connectivity index (χ1n) is 8.59. The molecule has 1 heterocycles. The Morgan fingerprint density at radius 3 is 2.36 bits per heavy atom. The first-order valence-corrected chi connectivity index (χ1v) is 10.1. The van der Waals surface area contributed by atoms with Crippen LogP contribution in [0.4, 0.5) is 11.4 Å². The highest BCUT2D eigenvalue weighted by atomic mass is 32.2. The third kappa shape index (κ3) is 5.38. The molecule has 0 unspecified atom stereocenters. The third-order valence-corrected chi connectivity index (χ3v) is 4.94. The van der Waals surface area contributed by atoms with Gasteiger partial charge < -0.3 is 10.6 Å². The van der Waals surface area contributed by atoms with Crippen LogP contribution >= 0.6 is 0 Å². The van der Waals surface area contributed by atoms with Crippen molar-refractivity contribution in [2.75, 3.05) is 11.9 Å². The fraction of sp³-hybridized carbons (Fsp3) is 0.100. The van der Waals surface area contributed by atoms with E-state index in [1.807, 2.05) is 30.3 Å². The number of benzene rings is 2. The van der Waals surface area contributed by atoms with Gasteiger partial charge in [-0.05, 0) is 42.3 Å². The number of aromatic nitrogens is 1. The number of primary sulfonamides is 1. The Bertz CT molecular complexity index is 1050. The second-order valence-electron chi connectivity index (χ2n) is 6.15. The molecule has 0 radical (unpaired) electrons. The van der Waals surface area contributed by atoms with E-state index < -0.39 is 10.0 Å². The van der Waals surface area contributed by atoms with Crippen LogP contribution in [0.15, 0.2) is 78.0 Å². The summed E-state index contributed by atoms with van der Waals surface area (Å²) in [4.78, 5) is 16.5. The van der Waals surface area contributed by atoms with Crippen molar-refractivity contribution in [3.8, 4) is 0 Å². The van der Waals surface area contributed by atoms with Crippen molar-refractivity contribution < 1.29 is 13.2 Å². The Morgan fingerprint density at radius 2 is 1.68 bits per heavy atom. The minimum absolute atomic E-state index is 0.0640. The highest BCUT2D eigenvalue weighted by Crippen LogP contribution is 2.16. The van der Waals surface area contributed by atoms with Crippen LogP contribution in [0.25, 0.3) is 0 Å². The summed E-state index contributed by atoms with van der Waals surface area (Å²) < 4.78 is 22.5. The first kappa shape index (κ1) is 19.5. The van der Waals surface area contributed by atoms with Gasteiger partial charge in [-0.15, -0.1) is 0 Å². The molecule has 1 amide bonds. The lowest BCUT2D eigenvalue weighted by Crippen LogP contribution is -2.25. The molecule has 0 bridgehead atoms. The maximum Gasteiger partial charge on any atom is 0.252 e. The van der Waals surface area contributed by atoms with Crippen molar-refractivity contribution in [2.24, 2.45) is 5.14 Å². The van der Waals surface area contributed by atoms with Crippen molar-refractivity contribution >= 4 is 27.3 Å². The highest BCUT2D eigenvalue weighted by Gasteiger charge is 2.09. The van der Waals surface area contributed by atoms with Gasteiger partial charge in [0, 0.05) is 18.4 Å². The Kier molecular flexibility index (Phi) is 6.03. The molecule has 0 aliphatic rings. The van der Waals surface area contributed by atoms with E-state index in [0.29, 0.717) is 18.5 Å². The van der Waals surface area contributed by atoms with Gasteiger partial charge in [0.05, 0.1) is 22.3 Å². The van der Waals surface area contributed by atoms with Gasteiger partial charge in [0.25, 0.3) is 5.91 Å². The van der Waals surface area contributed by atoms with Crippen molar-refractivity contribution in [2.45, 2.75) is 11.3 Å². The summed E-state index contributed by atoms with van der Waals surface area (Å²) >= 11 is 0. The van der Waals surface area contributed by atoms with E-state index in [1.54, 1.807) is 24.4 Å². The van der Waals surface area contributed by atoms with Crippen molar-refractivity contribution in [1.29, 1.82) is 0 Å². The van der Waals surface area contributed by atoms with Gasteiger partial charge in [0.1, 0.15) is 0 Å². The molecule has 3 aromatic rings. The highest BCUT2D eigenvalue weighted by molar-refractivity contribution is 7.89. The number of rotatable bonds is 7. The number of nitrogens with zero attached hydrogens (tertiary/aromatic N) is 1. The molecule has 4 N–H and O–H groups in total. The van der Waals surface area contributed by atoms with E-state index in [2.05, 4.69) is 15.6 Å². The smallest absolute Gasteiger partial charge is 0.252 e. The number of anilines is 2. The fourth-order valence-electron chi connectivity index (χ4n) is 2.59. The minimum Gasteiger partial charge on any atom is -0.354 e. The van der Waals surface area contributed by atoms with E-state index in [0.717, 1.165) is 16.9 Å². The molecule has 0 saturated heterocycles. The first-order chi connectivity index (χ1) is 13.4. The van der Waals surface area contributed by atoms with E-state index in [4.69, 9.17) is 5.14 Å². The van der Waals surface area contributed by atoms with E-state index >= 15 is 0 Å². The largest absolute Gasteiger partial charge is 0.354 e. The predicted molar refractivity (Wildman–Crippen MR) is 108 cm³/mol. The van der Waals surface area contributed by atoms with Crippen molar-refractivity contribution in [3.63, 3.8) is 0 Å². The van der Waals surface area contributed by atoms with Crippen LogP contribution < -0.4 is 15.8 Å². The number of para-hydroxylation sites is 1. The maximum absolute atomic E-state index is 12.4. The summed E-state index contributed by atoms with van der Waals surface area (Å²) in [6, 6.07) is 17.6. The molecule has 28 heavy (non-hydrogen) atoms. The number of carbonyl (C=O) groups excluding carboxylic acids is 1. The standard InChI is InChI=1S/C20H20N4O3S/c21-28(26,27)19-8-6-15(7-9-19)10-11-23-20(25)16-12-18(14-22-13-16)24-17-4-2-1-3-5-17/h1-9,12-14,24H,10-11H2,(H,23,25)(H2,21,26,27). The lowest BCUT2D eigenvalue weighted by molar-refractivity contribution is 0.0954. The predicted octanol–water partition coefficient (Wildman–Crippen LogP) is 2.45. The van der Waals surface area contributed by atoms with Gasteiger partial charge in [-0.25, -0.2) is 13.6 Å². The van der Waals surface area contributed by atoms with E-state index in [9.17, 15) is 13.2 Å². The van der Waals surface area contributed by atoms with Crippen LogP contribution in [0.2, 0.25) is 0 Å². The van der Waals surface area contributed by atoms with Gasteiger partial charge >= 0.3 is 0 Å². The molecule has 0 saturated carbocycles. The molecular formula is C20H20N4O3S. The number of hydrogen-bond donors (Lipinski definition) is 3. The topological polar surface area (TPSA) is 114 Å². The van der Waals surface area contributed by atoms with Crippen LogP contribution in [-0.2, 0) is 16.4 Å². The Labute approximate surface area is 163 Å². The Morgan fingerprint density at radius 1 is 0.964 bits per heavy atom. The average molecular weight is 396 g/mol.